The first kappa shape index (κ1) is 24.8. The van der Waals surface area contributed by atoms with Crippen molar-refractivity contribution in [3.63, 3.8) is 0 Å². The highest BCUT2D eigenvalue weighted by Gasteiger charge is 2.29. The van der Waals surface area contributed by atoms with E-state index in [2.05, 4.69) is 31.1 Å². The van der Waals surface area contributed by atoms with Gasteiger partial charge in [0.2, 0.25) is 5.95 Å². The third-order valence-electron chi connectivity index (χ3n) is 7.34. The molecule has 10 nitrogen and oxygen atoms in total. The lowest BCUT2D eigenvalue weighted by Gasteiger charge is -2.28. The van der Waals surface area contributed by atoms with Gasteiger partial charge in [-0.05, 0) is 37.6 Å². The number of anilines is 4. The molecular formula is C28H35N7O3. The van der Waals surface area contributed by atoms with Crippen LogP contribution < -0.4 is 15.1 Å². The summed E-state index contributed by atoms with van der Waals surface area (Å²) in [7, 11) is 0. The van der Waals surface area contributed by atoms with E-state index in [0.29, 0.717) is 19.2 Å². The minimum atomic E-state index is 0.233. The van der Waals surface area contributed by atoms with Crippen LogP contribution in [0.4, 0.5) is 23.3 Å². The van der Waals surface area contributed by atoms with Crippen LogP contribution in [0.2, 0.25) is 0 Å². The zero-order chi connectivity index (χ0) is 25.7. The minimum Gasteiger partial charge on any atom is -0.508 e. The van der Waals surface area contributed by atoms with E-state index in [1.807, 2.05) is 24.4 Å². The molecule has 0 amide bonds. The Bertz CT molecular complexity index is 1240. The zero-order valence-corrected chi connectivity index (χ0v) is 21.7. The number of hydrogen-bond donors (Lipinski definition) is 2. The number of hydrogen-bond acceptors (Lipinski definition) is 10. The first-order chi connectivity index (χ1) is 18.7. The molecule has 0 spiro atoms. The lowest BCUT2D eigenvalue weighted by Crippen LogP contribution is -2.37. The third kappa shape index (κ3) is 5.52. The number of ether oxygens (including phenoxy) is 2. The molecule has 2 aromatic heterocycles. The molecule has 0 atom stereocenters. The Morgan fingerprint density at radius 3 is 2.55 bits per heavy atom. The molecule has 6 rings (SSSR count). The van der Waals surface area contributed by atoms with Gasteiger partial charge in [0.05, 0.1) is 32.1 Å². The van der Waals surface area contributed by atoms with Gasteiger partial charge < -0.3 is 29.7 Å². The molecule has 5 heterocycles. The van der Waals surface area contributed by atoms with Crippen LogP contribution in [0, 0.1) is 0 Å². The Hall–Kier alpha value is -3.47. The lowest BCUT2D eigenvalue weighted by molar-refractivity contribution is 0.0378. The fourth-order valence-corrected chi connectivity index (χ4v) is 5.32. The Kier molecular flexibility index (Phi) is 7.52. The lowest BCUT2D eigenvalue weighted by atomic mass is 10.1. The Morgan fingerprint density at radius 2 is 1.74 bits per heavy atom. The molecule has 38 heavy (non-hydrogen) atoms. The SMILES string of the molecule is Oc1cccc(-c2nc(N3CCOCC3)nc3c2CCN3c2ccnc(NCCCN3CCOCC3)c2)c1. The summed E-state index contributed by atoms with van der Waals surface area (Å²) < 4.78 is 11.0. The Labute approximate surface area is 223 Å². The van der Waals surface area contributed by atoms with Gasteiger partial charge in [-0.15, -0.1) is 0 Å². The average Bonchev–Trinajstić information content (AvgIpc) is 3.40. The molecule has 2 fully saturated rings. The van der Waals surface area contributed by atoms with Crippen LogP contribution in [0.5, 0.6) is 5.75 Å². The monoisotopic (exact) mass is 517 g/mol. The number of fused-ring (bicyclic) bond motifs is 1. The predicted octanol–water partition coefficient (Wildman–Crippen LogP) is 2.91. The molecule has 3 aliphatic rings. The third-order valence-corrected chi connectivity index (χ3v) is 7.34. The van der Waals surface area contributed by atoms with Gasteiger partial charge in [-0.3, -0.25) is 4.90 Å². The van der Waals surface area contributed by atoms with Crippen LogP contribution in [0.1, 0.15) is 12.0 Å². The maximum absolute atomic E-state index is 10.2. The van der Waals surface area contributed by atoms with E-state index >= 15 is 0 Å². The number of aromatic hydroxyl groups is 1. The van der Waals surface area contributed by atoms with E-state index in [4.69, 9.17) is 19.4 Å². The van der Waals surface area contributed by atoms with E-state index in [9.17, 15) is 5.11 Å². The van der Waals surface area contributed by atoms with Gasteiger partial charge in [-0.1, -0.05) is 12.1 Å². The largest absolute Gasteiger partial charge is 0.508 e. The standard InChI is InChI=1S/C28H35N7O3/c36-23-4-1-3-21(19-23)26-24-6-10-35(27(24)32-28(31-26)34-13-17-38-18-14-34)22-5-8-30-25(20-22)29-7-2-9-33-11-15-37-16-12-33/h1,3-5,8,19-20,36H,2,6-7,9-18H2,(H,29,30). The summed E-state index contributed by atoms with van der Waals surface area (Å²) in [5, 5.41) is 13.7. The highest BCUT2D eigenvalue weighted by molar-refractivity contribution is 5.78. The smallest absolute Gasteiger partial charge is 0.228 e. The van der Waals surface area contributed by atoms with Crippen LogP contribution in [0.3, 0.4) is 0 Å². The highest BCUT2D eigenvalue weighted by atomic mass is 16.5. The summed E-state index contributed by atoms with van der Waals surface area (Å²) in [6, 6.07) is 11.5. The van der Waals surface area contributed by atoms with Gasteiger partial charge in [0, 0.05) is 68.3 Å². The topological polar surface area (TPSA) is 99.1 Å². The summed E-state index contributed by atoms with van der Waals surface area (Å²) in [4.78, 5) is 21.5. The normalized spacial score (nSPS) is 18.0. The number of aromatic nitrogens is 3. The second-order valence-corrected chi connectivity index (χ2v) is 9.86. The van der Waals surface area contributed by atoms with Crippen LogP contribution >= 0.6 is 0 Å². The number of benzene rings is 1. The second kappa shape index (κ2) is 11.5. The number of nitrogens with zero attached hydrogens (tertiary/aromatic N) is 6. The number of nitrogens with one attached hydrogen (secondary N) is 1. The molecule has 2 N–H and O–H groups in total. The molecule has 3 aliphatic heterocycles. The van der Waals surface area contributed by atoms with E-state index in [1.165, 1.54) is 0 Å². The molecule has 2 saturated heterocycles. The Morgan fingerprint density at radius 1 is 0.921 bits per heavy atom. The molecule has 0 unspecified atom stereocenters. The van der Waals surface area contributed by atoms with E-state index in [1.54, 1.807) is 12.1 Å². The molecule has 10 heteroatoms. The van der Waals surface area contributed by atoms with E-state index in [-0.39, 0.29) is 5.75 Å². The molecule has 3 aromatic rings. The van der Waals surface area contributed by atoms with Crippen molar-refractivity contribution >= 4 is 23.3 Å². The van der Waals surface area contributed by atoms with Gasteiger partial charge >= 0.3 is 0 Å². The van der Waals surface area contributed by atoms with Crippen molar-refractivity contribution in [1.29, 1.82) is 0 Å². The van der Waals surface area contributed by atoms with Crippen LogP contribution in [-0.4, -0.2) is 97.2 Å². The van der Waals surface area contributed by atoms with Crippen molar-refractivity contribution in [2.75, 3.05) is 87.4 Å². The number of pyridine rings is 1. The fraction of sp³-hybridized carbons (Fsp3) is 0.464. The first-order valence-corrected chi connectivity index (χ1v) is 13.6. The molecule has 0 bridgehead atoms. The molecular weight excluding hydrogens is 482 g/mol. The van der Waals surface area contributed by atoms with Crippen molar-refractivity contribution in [3.8, 4) is 17.0 Å². The highest BCUT2D eigenvalue weighted by Crippen LogP contribution is 2.40. The summed E-state index contributed by atoms with van der Waals surface area (Å²) in [6.07, 6.45) is 3.74. The maximum atomic E-state index is 10.2. The minimum absolute atomic E-state index is 0.233. The molecule has 0 aliphatic carbocycles. The molecule has 0 radical (unpaired) electrons. The number of rotatable bonds is 8. The Balaban J connectivity index is 1.24. The van der Waals surface area contributed by atoms with Crippen molar-refractivity contribution in [2.24, 2.45) is 0 Å². The summed E-state index contributed by atoms with van der Waals surface area (Å²) in [5.74, 6) is 2.72. The maximum Gasteiger partial charge on any atom is 0.228 e. The van der Waals surface area contributed by atoms with Gasteiger partial charge in [-0.2, -0.15) is 4.98 Å². The molecule has 1 aromatic carbocycles. The molecule has 200 valence electrons. The number of phenolic OH excluding ortho intramolecular Hbond substituents is 1. The zero-order valence-electron chi connectivity index (χ0n) is 21.7. The van der Waals surface area contributed by atoms with Gasteiger partial charge in [0.25, 0.3) is 0 Å². The average molecular weight is 518 g/mol. The summed E-state index contributed by atoms with van der Waals surface area (Å²) in [5.41, 5.74) is 3.94. The van der Waals surface area contributed by atoms with Crippen molar-refractivity contribution in [1.82, 2.24) is 19.9 Å². The van der Waals surface area contributed by atoms with Crippen molar-refractivity contribution < 1.29 is 14.6 Å². The van der Waals surface area contributed by atoms with Gasteiger partial charge in [0.1, 0.15) is 17.4 Å². The summed E-state index contributed by atoms with van der Waals surface area (Å²) >= 11 is 0. The van der Waals surface area contributed by atoms with E-state index in [0.717, 1.165) is 106 Å². The summed E-state index contributed by atoms with van der Waals surface area (Å²) in [6.45, 7) is 9.27. The van der Waals surface area contributed by atoms with E-state index < -0.39 is 0 Å². The fourth-order valence-electron chi connectivity index (χ4n) is 5.32. The number of morpholine rings is 2. The quantitative estimate of drug-likeness (QED) is 0.434. The van der Waals surface area contributed by atoms with Crippen LogP contribution in [-0.2, 0) is 15.9 Å². The van der Waals surface area contributed by atoms with Crippen molar-refractivity contribution in [2.45, 2.75) is 12.8 Å². The second-order valence-electron chi connectivity index (χ2n) is 9.86. The van der Waals surface area contributed by atoms with Crippen molar-refractivity contribution in [3.05, 3.63) is 48.2 Å². The van der Waals surface area contributed by atoms with Crippen LogP contribution in [0.15, 0.2) is 42.6 Å². The number of phenols is 1. The van der Waals surface area contributed by atoms with Crippen LogP contribution in [0.25, 0.3) is 11.3 Å². The molecule has 0 saturated carbocycles. The predicted molar refractivity (Wildman–Crippen MR) is 147 cm³/mol. The van der Waals surface area contributed by atoms with Gasteiger partial charge in [-0.25, -0.2) is 9.97 Å². The first-order valence-electron chi connectivity index (χ1n) is 13.6. The van der Waals surface area contributed by atoms with Gasteiger partial charge in [0.15, 0.2) is 0 Å².